The average molecular weight is 345 g/mol. The van der Waals surface area contributed by atoms with Gasteiger partial charge >= 0.3 is 0 Å². The summed E-state index contributed by atoms with van der Waals surface area (Å²) in [6.45, 7) is 2.15. The summed E-state index contributed by atoms with van der Waals surface area (Å²) in [5.74, 6) is 0. The van der Waals surface area contributed by atoms with Crippen molar-refractivity contribution in [1.29, 1.82) is 0 Å². The van der Waals surface area contributed by atoms with Crippen molar-refractivity contribution in [2.45, 2.75) is 13.3 Å². The molecule has 25 heavy (non-hydrogen) atoms. The van der Waals surface area contributed by atoms with Crippen LogP contribution >= 0.6 is 11.6 Å². The molecule has 0 radical (unpaired) electrons. The molecule has 0 N–H and O–H groups in total. The molecule has 4 aromatic rings. The van der Waals surface area contributed by atoms with Gasteiger partial charge in [-0.15, -0.1) is 0 Å². The Balaban J connectivity index is 2.04. The molecule has 0 aromatic heterocycles. The number of aryl methyl sites for hydroxylation is 1. The van der Waals surface area contributed by atoms with Crippen molar-refractivity contribution in [2.75, 3.05) is 0 Å². The maximum absolute atomic E-state index is 6.44. The lowest BCUT2D eigenvalue weighted by Gasteiger charge is -2.20. The third-order valence-electron chi connectivity index (χ3n) is 5.29. The summed E-state index contributed by atoms with van der Waals surface area (Å²) in [6.07, 6.45) is 0.926. The lowest BCUT2D eigenvalue weighted by Crippen LogP contribution is -1.96. The second kappa shape index (κ2) is 4.47. The molecule has 120 valence electrons. The molecule has 0 saturated heterocycles. The number of hydrogen-bond donors (Lipinski definition) is 0. The van der Waals surface area contributed by atoms with Crippen LogP contribution in [0.4, 0.5) is 0 Å². The molecule has 0 atom stereocenters. The van der Waals surface area contributed by atoms with E-state index in [4.69, 9.17) is 20.4 Å². The molecule has 6 rings (SSSR count). The molecule has 2 heterocycles. The van der Waals surface area contributed by atoms with Crippen LogP contribution < -0.4 is 0 Å². The van der Waals surface area contributed by atoms with Crippen molar-refractivity contribution in [1.82, 2.24) is 0 Å². The Bertz CT molecular complexity index is 1390. The summed E-state index contributed by atoms with van der Waals surface area (Å²) in [6, 6.07) is 16.5. The zero-order valence-electron chi connectivity index (χ0n) is 13.5. The number of benzene rings is 4. The van der Waals surface area contributed by atoms with Gasteiger partial charge in [-0.05, 0) is 41.0 Å². The molecule has 0 spiro atoms. The van der Waals surface area contributed by atoms with Crippen LogP contribution in [0.3, 0.4) is 0 Å². The van der Waals surface area contributed by atoms with Gasteiger partial charge in [0.2, 0.25) is 0 Å². The van der Waals surface area contributed by atoms with Gasteiger partial charge < -0.3 is 8.83 Å². The van der Waals surface area contributed by atoms with Crippen molar-refractivity contribution in [3.63, 3.8) is 0 Å². The largest absolute Gasteiger partial charge is 0.456 e. The minimum atomic E-state index is 0.625. The van der Waals surface area contributed by atoms with Crippen molar-refractivity contribution >= 4 is 55.5 Å². The fourth-order valence-corrected chi connectivity index (χ4v) is 4.33. The van der Waals surface area contributed by atoms with Crippen molar-refractivity contribution in [3.8, 4) is 11.1 Å². The van der Waals surface area contributed by atoms with Gasteiger partial charge in [-0.25, -0.2) is 0 Å². The topological polar surface area (TPSA) is 26.3 Å². The normalized spacial score (nSPS) is 12.6. The minimum absolute atomic E-state index is 0.625. The first-order chi connectivity index (χ1) is 12.3. The van der Waals surface area contributed by atoms with E-state index in [9.17, 15) is 0 Å². The average Bonchev–Trinajstić information content (AvgIpc) is 2.65. The van der Waals surface area contributed by atoms with Crippen LogP contribution in [0.25, 0.3) is 55.0 Å². The van der Waals surface area contributed by atoms with Crippen LogP contribution in [-0.4, -0.2) is 0 Å². The summed E-state index contributed by atoms with van der Waals surface area (Å²) < 4.78 is 12.7. The van der Waals surface area contributed by atoms with Gasteiger partial charge in [0, 0.05) is 21.9 Å². The zero-order chi connectivity index (χ0) is 16.7. The van der Waals surface area contributed by atoms with Gasteiger partial charge in [0.05, 0.1) is 5.02 Å². The second-order valence-corrected chi connectivity index (χ2v) is 6.97. The standard InChI is InChI=1S/C22H13ClO2/c1-2-11-3-4-12-6-10-16-19-17(12)21(11)24-15-9-7-13-5-8-14(23)22(25-16)18(13)20(15)19/h3-10H,2H2,1H3. The van der Waals surface area contributed by atoms with E-state index in [1.54, 1.807) is 0 Å². The maximum atomic E-state index is 6.44. The maximum Gasteiger partial charge on any atom is 0.154 e. The molecule has 2 aliphatic heterocycles. The molecular weight excluding hydrogens is 332 g/mol. The van der Waals surface area contributed by atoms with E-state index in [1.165, 1.54) is 10.9 Å². The van der Waals surface area contributed by atoms with Crippen molar-refractivity contribution < 1.29 is 8.83 Å². The Morgan fingerprint density at radius 1 is 0.720 bits per heavy atom. The van der Waals surface area contributed by atoms with Gasteiger partial charge in [-0.1, -0.05) is 48.9 Å². The monoisotopic (exact) mass is 344 g/mol. The summed E-state index contributed by atoms with van der Waals surface area (Å²) >= 11 is 6.44. The fraction of sp³-hybridized carbons (Fsp3) is 0.0909. The van der Waals surface area contributed by atoms with Gasteiger partial charge in [0.1, 0.15) is 16.7 Å². The molecule has 2 aliphatic rings. The first-order valence-corrected chi connectivity index (χ1v) is 8.84. The summed E-state index contributed by atoms with van der Waals surface area (Å²) in [4.78, 5) is 0. The van der Waals surface area contributed by atoms with E-state index in [-0.39, 0.29) is 0 Å². The molecule has 3 heteroatoms. The van der Waals surface area contributed by atoms with Crippen LogP contribution in [0.5, 0.6) is 0 Å². The quantitative estimate of drug-likeness (QED) is 0.232. The Kier molecular flexibility index (Phi) is 2.42. The summed E-state index contributed by atoms with van der Waals surface area (Å²) in [5.41, 5.74) is 6.84. The molecule has 4 aromatic carbocycles. The molecule has 0 saturated carbocycles. The highest BCUT2D eigenvalue weighted by Gasteiger charge is 2.25. The SMILES string of the molecule is CCc1ccc2ccc3oc4c(Cl)ccc5ccc6oc1c2c3-c6c54. The smallest absolute Gasteiger partial charge is 0.154 e. The van der Waals surface area contributed by atoms with Crippen LogP contribution in [0, 0.1) is 0 Å². The van der Waals surface area contributed by atoms with Gasteiger partial charge in [0.15, 0.2) is 5.58 Å². The first-order valence-electron chi connectivity index (χ1n) is 8.46. The van der Waals surface area contributed by atoms with Crippen LogP contribution in [0.15, 0.2) is 57.4 Å². The predicted octanol–water partition coefficient (Wildman–Crippen LogP) is 7.24. The molecule has 0 bridgehead atoms. The Morgan fingerprint density at radius 3 is 1.96 bits per heavy atom. The second-order valence-electron chi connectivity index (χ2n) is 6.56. The van der Waals surface area contributed by atoms with Crippen molar-refractivity contribution in [2.24, 2.45) is 0 Å². The lowest BCUT2D eigenvalue weighted by molar-refractivity contribution is 0.643. The van der Waals surface area contributed by atoms with Crippen molar-refractivity contribution in [3.05, 3.63) is 59.1 Å². The zero-order valence-corrected chi connectivity index (χ0v) is 14.3. The number of rotatable bonds is 1. The highest BCUT2D eigenvalue weighted by atomic mass is 35.5. The Morgan fingerprint density at radius 2 is 1.28 bits per heavy atom. The van der Waals surface area contributed by atoms with E-state index < -0.39 is 0 Å². The van der Waals surface area contributed by atoms with Gasteiger partial charge in [-0.2, -0.15) is 0 Å². The fourth-order valence-electron chi connectivity index (χ4n) is 4.13. The third-order valence-corrected chi connectivity index (χ3v) is 5.59. The van der Waals surface area contributed by atoms with Crippen LogP contribution in [-0.2, 0) is 6.42 Å². The Hall–Kier alpha value is -2.71. The van der Waals surface area contributed by atoms with E-state index in [0.29, 0.717) is 5.02 Å². The summed E-state index contributed by atoms with van der Waals surface area (Å²) in [5, 5.41) is 5.09. The van der Waals surface area contributed by atoms with Gasteiger partial charge in [0.25, 0.3) is 0 Å². The Labute approximate surface area is 148 Å². The first kappa shape index (κ1) is 13.6. The summed E-state index contributed by atoms with van der Waals surface area (Å²) in [7, 11) is 0. The number of halogens is 1. The highest BCUT2D eigenvalue weighted by molar-refractivity contribution is 6.37. The van der Waals surface area contributed by atoms with Crippen LogP contribution in [0.1, 0.15) is 12.5 Å². The predicted molar refractivity (Wildman–Crippen MR) is 103 cm³/mol. The van der Waals surface area contributed by atoms with Gasteiger partial charge in [-0.3, -0.25) is 0 Å². The highest BCUT2D eigenvalue weighted by Crippen LogP contribution is 2.49. The minimum Gasteiger partial charge on any atom is -0.456 e. The third kappa shape index (κ3) is 1.56. The van der Waals surface area contributed by atoms with E-state index in [2.05, 4.69) is 37.3 Å². The molecule has 0 amide bonds. The van der Waals surface area contributed by atoms with E-state index >= 15 is 0 Å². The number of hydrogen-bond acceptors (Lipinski definition) is 2. The van der Waals surface area contributed by atoms with Crippen LogP contribution in [0.2, 0.25) is 5.02 Å². The molecular formula is C22H13ClO2. The van der Waals surface area contributed by atoms with E-state index in [0.717, 1.165) is 56.0 Å². The van der Waals surface area contributed by atoms with E-state index in [1.807, 2.05) is 18.2 Å². The molecule has 0 fully saturated rings. The lowest BCUT2D eigenvalue weighted by atomic mass is 9.89. The molecule has 0 unspecified atom stereocenters. The molecule has 2 nitrogen and oxygen atoms in total. The molecule has 0 aliphatic carbocycles.